The van der Waals surface area contributed by atoms with E-state index in [0.717, 1.165) is 50.1 Å². The number of benzene rings is 10. The predicted octanol–water partition coefficient (Wildman–Crippen LogP) is 18.4. The number of rotatable bonds is 7. The zero-order valence-electron chi connectivity index (χ0n) is 36.6. The monoisotopic (exact) mass is 861 g/mol. The smallest absolute Gasteiger partial charge is 0.143 e. The maximum atomic E-state index is 6.44. The molecule has 66 heavy (non-hydrogen) atoms. The van der Waals surface area contributed by atoms with Gasteiger partial charge in [-0.05, 0) is 128 Å². The van der Waals surface area contributed by atoms with Gasteiger partial charge in [0, 0.05) is 59.0 Å². The van der Waals surface area contributed by atoms with Crippen molar-refractivity contribution in [1.82, 2.24) is 0 Å². The summed E-state index contributed by atoms with van der Waals surface area (Å²) in [7, 11) is 0. The standard InChI is InChI=1S/C63H43NOS/c1-63(2)57-15-6-3-10-51(57)55-38-45(28-36-58(55)63)42-20-18-40(19-21-42)41-22-30-47(31-23-41)64(48-32-24-43(25-33-48)46-29-37-61-56(39-46)53-12-5-8-17-60(53)66-61)49-34-26-44(27-35-49)50-13-9-14-54-52-11-4-7-16-59(52)65-62(50)54/h3-39H,1-2H3. The second-order valence-corrected chi connectivity index (χ2v) is 19.2. The van der Waals surface area contributed by atoms with Crippen molar-refractivity contribution in [3.63, 3.8) is 0 Å². The molecule has 0 spiro atoms. The lowest BCUT2D eigenvalue weighted by molar-refractivity contribution is 0.660. The Morgan fingerprint density at radius 1 is 0.348 bits per heavy atom. The molecule has 0 unspecified atom stereocenters. The molecule has 0 bridgehead atoms. The van der Waals surface area contributed by atoms with Crippen molar-refractivity contribution in [2.75, 3.05) is 4.90 Å². The van der Waals surface area contributed by atoms with Crippen LogP contribution >= 0.6 is 11.3 Å². The maximum absolute atomic E-state index is 6.44. The largest absolute Gasteiger partial charge is 0.455 e. The van der Waals surface area contributed by atoms with Crippen LogP contribution in [0.4, 0.5) is 17.1 Å². The highest BCUT2D eigenvalue weighted by atomic mass is 32.1. The van der Waals surface area contributed by atoms with Crippen molar-refractivity contribution in [3.05, 3.63) is 236 Å². The lowest BCUT2D eigenvalue weighted by Crippen LogP contribution is -2.14. The van der Waals surface area contributed by atoms with Gasteiger partial charge in [-0.2, -0.15) is 0 Å². The summed E-state index contributed by atoms with van der Waals surface area (Å²) in [6, 6.07) is 82.0. The van der Waals surface area contributed by atoms with Crippen molar-refractivity contribution in [2.45, 2.75) is 19.3 Å². The molecular formula is C63H43NOS. The van der Waals surface area contributed by atoms with Gasteiger partial charge < -0.3 is 9.32 Å². The van der Waals surface area contributed by atoms with Crippen LogP contribution < -0.4 is 4.90 Å². The maximum Gasteiger partial charge on any atom is 0.143 e. The van der Waals surface area contributed by atoms with E-state index in [4.69, 9.17) is 4.42 Å². The first-order valence-corrected chi connectivity index (χ1v) is 23.5. The summed E-state index contributed by atoms with van der Waals surface area (Å²) in [4.78, 5) is 2.35. The summed E-state index contributed by atoms with van der Waals surface area (Å²) in [5.74, 6) is 0. The number of nitrogens with zero attached hydrogens (tertiary/aromatic N) is 1. The quantitative estimate of drug-likeness (QED) is 0.159. The fraction of sp³-hybridized carbons (Fsp3) is 0.0476. The van der Waals surface area contributed by atoms with E-state index in [1.165, 1.54) is 75.8 Å². The molecule has 0 saturated carbocycles. The van der Waals surface area contributed by atoms with Gasteiger partial charge in [-0.25, -0.2) is 0 Å². The highest BCUT2D eigenvalue weighted by Gasteiger charge is 2.35. The van der Waals surface area contributed by atoms with Crippen molar-refractivity contribution < 1.29 is 4.42 Å². The molecule has 2 nitrogen and oxygen atoms in total. The molecule has 0 N–H and O–H groups in total. The molecule has 0 saturated heterocycles. The van der Waals surface area contributed by atoms with E-state index in [1.54, 1.807) is 0 Å². The average Bonchev–Trinajstić information content (AvgIpc) is 4.02. The topological polar surface area (TPSA) is 16.4 Å². The van der Waals surface area contributed by atoms with Gasteiger partial charge in [-0.1, -0.05) is 172 Å². The second-order valence-electron chi connectivity index (χ2n) is 18.1. The van der Waals surface area contributed by atoms with E-state index in [9.17, 15) is 0 Å². The SMILES string of the molecule is CC1(C)c2ccccc2-c2cc(-c3ccc(-c4ccc(N(c5ccc(-c6ccc7sc8ccccc8c7c6)cc5)c5ccc(-c6cccc7c6oc6ccccc67)cc5)cc4)cc3)ccc21. The number of anilines is 3. The lowest BCUT2D eigenvalue weighted by atomic mass is 9.82. The molecule has 1 aliphatic carbocycles. The van der Waals surface area contributed by atoms with Gasteiger partial charge >= 0.3 is 0 Å². The molecule has 0 fully saturated rings. The average molecular weight is 862 g/mol. The van der Waals surface area contributed by atoms with Gasteiger partial charge in [0.25, 0.3) is 0 Å². The summed E-state index contributed by atoms with van der Waals surface area (Å²) in [6.45, 7) is 4.67. The third kappa shape index (κ3) is 6.23. The normalized spacial score (nSPS) is 12.8. The molecule has 2 heterocycles. The summed E-state index contributed by atoms with van der Waals surface area (Å²) < 4.78 is 9.08. The molecule has 3 heteroatoms. The van der Waals surface area contributed by atoms with Gasteiger partial charge in [0.05, 0.1) is 0 Å². The first-order chi connectivity index (χ1) is 32.4. The van der Waals surface area contributed by atoms with Crippen LogP contribution in [0.3, 0.4) is 0 Å². The van der Waals surface area contributed by atoms with Crippen molar-refractivity contribution >= 4 is 70.5 Å². The minimum absolute atomic E-state index is 0.00391. The van der Waals surface area contributed by atoms with Gasteiger partial charge in [0.15, 0.2) is 0 Å². The number of hydrogen-bond acceptors (Lipinski definition) is 3. The Labute approximate surface area is 388 Å². The zero-order valence-corrected chi connectivity index (χ0v) is 37.4. The molecule has 12 aromatic rings. The van der Waals surface area contributed by atoms with Gasteiger partial charge in [-0.3, -0.25) is 0 Å². The molecule has 10 aromatic carbocycles. The number of para-hydroxylation sites is 2. The van der Waals surface area contributed by atoms with Crippen LogP contribution in [-0.4, -0.2) is 0 Å². The van der Waals surface area contributed by atoms with Crippen LogP contribution in [0.2, 0.25) is 0 Å². The molecule has 0 atom stereocenters. The number of thiophene rings is 1. The van der Waals surface area contributed by atoms with Crippen LogP contribution in [0.1, 0.15) is 25.0 Å². The molecule has 2 aromatic heterocycles. The highest BCUT2D eigenvalue weighted by Crippen LogP contribution is 2.50. The summed E-state index contributed by atoms with van der Waals surface area (Å²) in [5.41, 5.74) is 20.0. The summed E-state index contributed by atoms with van der Waals surface area (Å²) in [6.07, 6.45) is 0. The number of furan rings is 1. The first-order valence-electron chi connectivity index (χ1n) is 22.7. The highest BCUT2D eigenvalue weighted by molar-refractivity contribution is 7.25. The molecule has 0 aliphatic heterocycles. The van der Waals surface area contributed by atoms with E-state index >= 15 is 0 Å². The van der Waals surface area contributed by atoms with Crippen molar-refractivity contribution in [3.8, 4) is 55.6 Å². The predicted molar refractivity (Wildman–Crippen MR) is 281 cm³/mol. The van der Waals surface area contributed by atoms with Crippen LogP contribution in [0.15, 0.2) is 229 Å². The lowest BCUT2D eigenvalue weighted by Gasteiger charge is -2.26. The van der Waals surface area contributed by atoms with E-state index in [-0.39, 0.29) is 5.41 Å². The van der Waals surface area contributed by atoms with E-state index in [0.29, 0.717) is 0 Å². The minimum Gasteiger partial charge on any atom is -0.455 e. The Kier molecular flexibility index (Phi) is 8.78. The Bertz CT molecular complexity index is 3820. The van der Waals surface area contributed by atoms with Gasteiger partial charge in [0.1, 0.15) is 11.2 Å². The minimum atomic E-state index is 0.00391. The summed E-state index contributed by atoms with van der Waals surface area (Å²) >= 11 is 1.86. The van der Waals surface area contributed by atoms with Crippen LogP contribution in [0.5, 0.6) is 0 Å². The third-order valence-corrected chi connectivity index (χ3v) is 15.1. The van der Waals surface area contributed by atoms with Crippen LogP contribution in [0.25, 0.3) is 97.7 Å². The zero-order chi connectivity index (χ0) is 43.9. The third-order valence-electron chi connectivity index (χ3n) is 13.9. The second kappa shape index (κ2) is 15.1. The van der Waals surface area contributed by atoms with E-state index < -0.39 is 0 Å². The Balaban J connectivity index is 0.839. The molecule has 312 valence electrons. The van der Waals surface area contributed by atoms with Gasteiger partial charge in [-0.15, -0.1) is 11.3 Å². The first kappa shape index (κ1) is 38.5. The molecule has 0 amide bonds. The molecule has 13 rings (SSSR count). The number of fused-ring (bicyclic) bond motifs is 9. The van der Waals surface area contributed by atoms with E-state index in [2.05, 4.69) is 231 Å². The Hall–Kier alpha value is -7.98. The van der Waals surface area contributed by atoms with Crippen LogP contribution in [-0.2, 0) is 5.41 Å². The number of hydrogen-bond donors (Lipinski definition) is 0. The van der Waals surface area contributed by atoms with Gasteiger partial charge in [0.2, 0.25) is 0 Å². The van der Waals surface area contributed by atoms with Crippen molar-refractivity contribution in [2.24, 2.45) is 0 Å². The van der Waals surface area contributed by atoms with Crippen molar-refractivity contribution in [1.29, 1.82) is 0 Å². The molecule has 1 aliphatic rings. The van der Waals surface area contributed by atoms with Crippen LogP contribution in [0, 0.1) is 0 Å². The Morgan fingerprint density at radius 2 is 0.833 bits per heavy atom. The fourth-order valence-electron chi connectivity index (χ4n) is 10.5. The summed E-state index contributed by atoms with van der Waals surface area (Å²) in [5, 5.41) is 4.90. The fourth-order valence-corrected chi connectivity index (χ4v) is 11.6. The molecule has 0 radical (unpaired) electrons. The van der Waals surface area contributed by atoms with E-state index in [1.807, 2.05) is 23.5 Å². The molecular weight excluding hydrogens is 819 g/mol. The Morgan fingerprint density at radius 3 is 1.55 bits per heavy atom.